The first-order chi connectivity index (χ1) is 19.1. The van der Waals surface area contributed by atoms with Crippen molar-refractivity contribution in [2.24, 2.45) is 4.99 Å². The highest BCUT2D eigenvalue weighted by Crippen LogP contribution is 2.26. The number of rotatable bonds is 9. The van der Waals surface area contributed by atoms with E-state index in [0.717, 1.165) is 17.6 Å². The van der Waals surface area contributed by atoms with Crippen LogP contribution in [0.15, 0.2) is 60.1 Å². The molecular formula is C26H27FN8O4. The van der Waals surface area contributed by atoms with E-state index in [2.05, 4.69) is 25.2 Å². The average molecular weight is 535 g/mol. The molecule has 4 aromatic rings. The number of halogens is 1. The molecule has 13 heteroatoms. The van der Waals surface area contributed by atoms with Gasteiger partial charge in [0.25, 0.3) is 11.7 Å². The van der Waals surface area contributed by atoms with Gasteiger partial charge < -0.3 is 24.6 Å². The lowest BCUT2D eigenvalue weighted by Crippen LogP contribution is -2.52. The second kappa shape index (κ2) is 11.9. The maximum Gasteiger partial charge on any atom is 0.295 e. The molecule has 0 spiro atoms. The Balaban J connectivity index is 1.30. The summed E-state index contributed by atoms with van der Waals surface area (Å²) in [6.07, 6.45) is 5.31. The number of Topliss-reactive ketones (excluding diaryl/α,β-unsaturated/α-hetero) is 1. The Hall–Kier alpha value is -4.49. The van der Waals surface area contributed by atoms with Crippen LogP contribution in [0.25, 0.3) is 16.7 Å². The molecule has 4 heterocycles. The molecule has 202 valence electrons. The fraction of sp³-hybridized carbons (Fsp3) is 0.308. The van der Waals surface area contributed by atoms with E-state index in [1.54, 1.807) is 6.20 Å². The molecule has 1 aliphatic heterocycles. The number of aliphatic hydroxyl groups excluding tert-OH is 1. The summed E-state index contributed by atoms with van der Waals surface area (Å²) in [6.45, 7) is 2.53. The predicted molar refractivity (Wildman–Crippen MR) is 139 cm³/mol. The van der Waals surface area contributed by atoms with Gasteiger partial charge in [-0.1, -0.05) is 35.5 Å². The Morgan fingerprint density at radius 3 is 2.59 bits per heavy atom. The second-order valence-corrected chi connectivity index (χ2v) is 8.75. The molecule has 0 atom stereocenters. The Bertz CT molecular complexity index is 1460. The monoisotopic (exact) mass is 534 g/mol. The second-order valence-electron chi connectivity index (χ2n) is 8.75. The van der Waals surface area contributed by atoms with E-state index in [4.69, 9.17) is 14.8 Å². The fourth-order valence-corrected chi connectivity index (χ4v) is 4.49. The van der Waals surface area contributed by atoms with Crippen molar-refractivity contribution in [1.82, 2.24) is 34.8 Å². The number of benzene rings is 1. The molecule has 12 nitrogen and oxygen atoms in total. The molecule has 1 aromatic carbocycles. The van der Waals surface area contributed by atoms with Gasteiger partial charge in [0.05, 0.1) is 61.4 Å². The number of amides is 1. The van der Waals surface area contributed by atoms with Crippen LogP contribution in [0.1, 0.15) is 15.9 Å². The molecular weight excluding hydrogens is 507 g/mol. The lowest BCUT2D eigenvalue weighted by molar-refractivity contribution is -0.127. The number of aromatic amines is 1. The van der Waals surface area contributed by atoms with Gasteiger partial charge >= 0.3 is 0 Å². The van der Waals surface area contributed by atoms with Crippen molar-refractivity contribution in [2.45, 2.75) is 0 Å². The van der Waals surface area contributed by atoms with E-state index in [-0.39, 0.29) is 35.5 Å². The third-order valence-electron chi connectivity index (χ3n) is 6.35. The number of ketones is 1. The first kappa shape index (κ1) is 26.1. The van der Waals surface area contributed by atoms with E-state index in [1.807, 2.05) is 30.3 Å². The summed E-state index contributed by atoms with van der Waals surface area (Å²) in [7, 11) is 0. The number of hydrogen-bond donors (Lipinski definition) is 2. The highest BCUT2D eigenvalue weighted by molar-refractivity contribution is 6.45. The highest BCUT2D eigenvalue weighted by atomic mass is 19.1. The number of fused-ring (bicyclic) bond motifs is 1. The van der Waals surface area contributed by atoms with Crippen molar-refractivity contribution in [3.05, 3.63) is 72.1 Å². The van der Waals surface area contributed by atoms with Crippen LogP contribution in [0.4, 0.5) is 4.39 Å². The number of aliphatic hydroxyl groups is 1. The predicted octanol–water partition coefficient (Wildman–Crippen LogP) is 1.07. The molecule has 2 N–H and O–H groups in total. The van der Waals surface area contributed by atoms with Gasteiger partial charge in [-0.2, -0.15) is 0 Å². The van der Waals surface area contributed by atoms with Crippen LogP contribution in [-0.4, -0.2) is 110 Å². The number of nitrogens with one attached hydrogen (secondary N) is 1. The number of aliphatic imine (C=N–C) groups is 1. The number of piperazine rings is 1. The van der Waals surface area contributed by atoms with Gasteiger partial charge in [-0.3, -0.25) is 14.6 Å². The largest absolute Gasteiger partial charge is 0.394 e. The normalized spacial score (nSPS) is 14.3. The van der Waals surface area contributed by atoms with Gasteiger partial charge in [0.2, 0.25) is 0 Å². The van der Waals surface area contributed by atoms with Crippen molar-refractivity contribution in [3.8, 4) is 5.82 Å². The summed E-state index contributed by atoms with van der Waals surface area (Å²) in [5.74, 6) is -1.19. The summed E-state index contributed by atoms with van der Waals surface area (Å²) in [5.41, 5.74) is 1.11. The molecule has 3 aromatic heterocycles. The number of carbonyl (C=O) groups excluding carboxylic acids is 2. The van der Waals surface area contributed by atoms with E-state index >= 15 is 0 Å². The zero-order chi connectivity index (χ0) is 27.2. The molecule has 1 aliphatic rings. The topological polar surface area (TPSA) is 142 Å². The summed E-state index contributed by atoms with van der Waals surface area (Å²) in [6, 6.07) is 9.70. The number of carbonyl (C=O) groups is 2. The SMILES string of the molecule is O=C(C(=O)N1CCN(C(=NCCOCCO)c2ccccc2)CC1)c1c[nH]c2c(-n3ccnn3)ncc(F)c12. The minimum absolute atomic E-state index is 0.0191. The highest BCUT2D eigenvalue weighted by Gasteiger charge is 2.31. The third-order valence-corrected chi connectivity index (χ3v) is 6.35. The molecule has 1 fully saturated rings. The Morgan fingerprint density at radius 1 is 1.10 bits per heavy atom. The smallest absolute Gasteiger partial charge is 0.295 e. The van der Waals surface area contributed by atoms with Crippen LogP contribution in [0.3, 0.4) is 0 Å². The lowest BCUT2D eigenvalue weighted by Gasteiger charge is -2.36. The molecule has 0 saturated carbocycles. The molecule has 0 radical (unpaired) electrons. The zero-order valence-electron chi connectivity index (χ0n) is 21.0. The van der Waals surface area contributed by atoms with Gasteiger partial charge in [0, 0.05) is 37.9 Å². The van der Waals surface area contributed by atoms with Crippen LogP contribution in [-0.2, 0) is 9.53 Å². The van der Waals surface area contributed by atoms with Crippen LogP contribution in [0.2, 0.25) is 0 Å². The van der Waals surface area contributed by atoms with Crippen LogP contribution >= 0.6 is 0 Å². The van der Waals surface area contributed by atoms with Crippen LogP contribution in [0, 0.1) is 5.82 Å². The number of amidine groups is 1. The van der Waals surface area contributed by atoms with E-state index in [1.165, 1.54) is 22.0 Å². The summed E-state index contributed by atoms with van der Waals surface area (Å²) >= 11 is 0. The Kier molecular flexibility index (Phi) is 7.99. The Morgan fingerprint density at radius 2 is 1.87 bits per heavy atom. The van der Waals surface area contributed by atoms with Gasteiger partial charge in [-0.15, -0.1) is 5.10 Å². The molecule has 5 rings (SSSR count). The van der Waals surface area contributed by atoms with Crippen molar-refractivity contribution >= 4 is 28.4 Å². The van der Waals surface area contributed by atoms with Crippen LogP contribution in [0.5, 0.6) is 0 Å². The fourth-order valence-electron chi connectivity index (χ4n) is 4.49. The van der Waals surface area contributed by atoms with Gasteiger partial charge in [0.15, 0.2) is 11.6 Å². The van der Waals surface area contributed by atoms with E-state index in [9.17, 15) is 14.0 Å². The van der Waals surface area contributed by atoms with E-state index in [0.29, 0.717) is 39.3 Å². The number of aromatic nitrogens is 5. The number of nitrogens with zero attached hydrogens (tertiary/aromatic N) is 7. The lowest BCUT2D eigenvalue weighted by atomic mass is 10.1. The molecule has 0 aliphatic carbocycles. The molecule has 0 unspecified atom stereocenters. The quantitative estimate of drug-likeness (QED) is 0.107. The minimum Gasteiger partial charge on any atom is -0.394 e. The third kappa shape index (κ3) is 5.54. The average Bonchev–Trinajstić information content (AvgIpc) is 3.67. The summed E-state index contributed by atoms with van der Waals surface area (Å²) < 4.78 is 21.5. The molecule has 1 amide bonds. The summed E-state index contributed by atoms with van der Waals surface area (Å²) in [5, 5.41) is 16.5. The minimum atomic E-state index is -0.803. The van der Waals surface area contributed by atoms with Gasteiger partial charge in [-0.05, 0) is 0 Å². The zero-order valence-corrected chi connectivity index (χ0v) is 21.0. The first-order valence-electron chi connectivity index (χ1n) is 12.5. The first-order valence-corrected chi connectivity index (χ1v) is 12.5. The maximum absolute atomic E-state index is 14.8. The molecule has 1 saturated heterocycles. The standard InChI is InChI=1S/C26H27FN8O4/c27-20-17-30-25(35-8-6-31-32-35)22-21(20)19(16-29-22)23(37)26(38)34-11-9-33(10-12-34)24(18-4-2-1-3-5-18)28-7-14-39-15-13-36/h1-6,8,16-17,29,36H,7,9-15H2. The maximum atomic E-state index is 14.8. The van der Waals surface area contributed by atoms with Crippen LogP contribution < -0.4 is 0 Å². The number of H-pyrrole nitrogens is 1. The molecule has 0 bridgehead atoms. The number of hydrogen-bond acceptors (Lipinski definition) is 8. The summed E-state index contributed by atoms with van der Waals surface area (Å²) in [4.78, 5) is 41.6. The Labute approximate surface area is 222 Å². The van der Waals surface area contributed by atoms with Gasteiger partial charge in [0.1, 0.15) is 5.84 Å². The van der Waals surface area contributed by atoms with Gasteiger partial charge in [-0.25, -0.2) is 14.1 Å². The van der Waals surface area contributed by atoms with Crippen molar-refractivity contribution in [1.29, 1.82) is 0 Å². The van der Waals surface area contributed by atoms with Crippen molar-refractivity contribution in [3.63, 3.8) is 0 Å². The number of pyridine rings is 1. The van der Waals surface area contributed by atoms with Crippen molar-refractivity contribution < 1.29 is 23.8 Å². The number of ether oxygens (including phenoxy) is 1. The van der Waals surface area contributed by atoms with Crippen molar-refractivity contribution in [2.75, 3.05) is 52.5 Å². The van der Waals surface area contributed by atoms with E-state index < -0.39 is 17.5 Å². The molecule has 39 heavy (non-hydrogen) atoms.